The zero-order valence-electron chi connectivity index (χ0n) is 19.1. The molecule has 0 aliphatic rings. The number of nitrogens with two attached hydrogens (primary N) is 1. The highest BCUT2D eigenvalue weighted by molar-refractivity contribution is 7.21. The number of rotatable bonds is 9. The minimum absolute atomic E-state index is 0.0245. The molecular weight excluding hydrogens is 498 g/mol. The van der Waals surface area contributed by atoms with Crippen LogP contribution in [0.1, 0.15) is 40.8 Å². The quantitative estimate of drug-likeness (QED) is 0.252. The maximum Gasteiger partial charge on any atom is 0.306 e. The van der Waals surface area contributed by atoms with Crippen LogP contribution in [0.15, 0.2) is 24.7 Å². The summed E-state index contributed by atoms with van der Waals surface area (Å²) in [5.41, 5.74) is 6.47. The first kappa shape index (κ1) is 24.8. The molecule has 4 heterocycles. The Kier molecular flexibility index (Phi) is 6.74. The summed E-state index contributed by atoms with van der Waals surface area (Å²) in [5, 5.41) is 21.9. The van der Waals surface area contributed by atoms with Crippen molar-refractivity contribution >= 4 is 44.7 Å². The first-order valence-corrected chi connectivity index (χ1v) is 11.5. The van der Waals surface area contributed by atoms with E-state index in [1.165, 1.54) is 23.1 Å². The van der Waals surface area contributed by atoms with E-state index in [0.29, 0.717) is 28.8 Å². The van der Waals surface area contributed by atoms with Crippen LogP contribution in [-0.2, 0) is 17.9 Å². The van der Waals surface area contributed by atoms with Crippen LogP contribution >= 0.6 is 11.3 Å². The van der Waals surface area contributed by atoms with E-state index in [2.05, 4.69) is 20.5 Å². The molecule has 3 N–H and O–H groups in total. The maximum absolute atomic E-state index is 13.7. The predicted molar refractivity (Wildman–Crippen MR) is 127 cm³/mol. The Labute approximate surface area is 205 Å². The van der Waals surface area contributed by atoms with E-state index in [-0.39, 0.29) is 34.0 Å². The minimum atomic E-state index is -2.87. The van der Waals surface area contributed by atoms with Gasteiger partial charge in [0.2, 0.25) is 5.91 Å². The van der Waals surface area contributed by atoms with Crippen molar-refractivity contribution in [2.24, 2.45) is 5.73 Å². The Morgan fingerprint density at radius 2 is 2.03 bits per heavy atom. The van der Waals surface area contributed by atoms with Crippen LogP contribution < -0.4 is 11.1 Å². The first-order chi connectivity index (χ1) is 17.1. The number of hydrogen-bond donors (Lipinski definition) is 2. The number of amides is 2. The maximum atomic E-state index is 13.7. The molecule has 0 atom stereocenters. The number of pyridine rings is 1. The van der Waals surface area contributed by atoms with E-state index in [0.717, 1.165) is 17.5 Å². The van der Waals surface area contributed by atoms with Gasteiger partial charge >= 0.3 is 5.69 Å². The Morgan fingerprint density at radius 3 is 2.61 bits per heavy atom. The predicted octanol–water partition coefficient (Wildman–Crippen LogP) is 3.66. The van der Waals surface area contributed by atoms with E-state index < -0.39 is 28.9 Å². The number of hydrogen-bond acceptors (Lipinski definition) is 8. The summed E-state index contributed by atoms with van der Waals surface area (Å²) in [6, 6.07) is 1.22. The van der Waals surface area contributed by atoms with E-state index in [1.54, 1.807) is 11.6 Å². The molecule has 2 amide bonds. The summed E-state index contributed by atoms with van der Waals surface area (Å²) >= 11 is 0.800. The number of primary amides is 1. The molecule has 0 saturated carbocycles. The molecule has 0 spiro atoms. The summed E-state index contributed by atoms with van der Waals surface area (Å²) in [5.74, 6) is -1.40. The van der Waals surface area contributed by atoms with Crippen molar-refractivity contribution in [3.05, 3.63) is 51.0 Å². The topological polar surface area (TPSA) is 164 Å². The number of thiophene rings is 1. The summed E-state index contributed by atoms with van der Waals surface area (Å²) < 4.78 is 30.2. The van der Waals surface area contributed by atoms with Crippen LogP contribution in [-0.4, -0.2) is 41.3 Å². The highest BCUT2D eigenvalue weighted by Crippen LogP contribution is 2.43. The fraction of sp³-hybridized carbons (Fsp3) is 0.286. The smallest absolute Gasteiger partial charge is 0.306 e. The lowest BCUT2D eigenvalue weighted by Crippen LogP contribution is -2.18. The lowest BCUT2D eigenvalue weighted by atomic mass is 10.0. The van der Waals surface area contributed by atoms with Crippen molar-refractivity contribution in [2.45, 2.75) is 39.8 Å². The van der Waals surface area contributed by atoms with Crippen molar-refractivity contribution in [3.63, 3.8) is 0 Å². The number of carbonyl (C=O) groups excluding carboxylic acids is 2. The fourth-order valence-corrected chi connectivity index (χ4v) is 4.77. The molecule has 12 nitrogen and oxygen atoms in total. The van der Waals surface area contributed by atoms with Crippen LogP contribution in [0.2, 0.25) is 0 Å². The van der Waals surface area contributed by atoms with E-state index in [4.69, 9.17) is 5.73 Å². The largest absolute Gasteiger partial charge is 0.365 e. The molecule has 188 valence electrons. The van der Waals surface area contributed by atoms with Gasteiger partial charge in [-0.15, -0.1) is 11.3 Å². The van der Waals surface area contributed by atoms with Crippen LogP contribution in [0.25, 0.3) is 21.3 Å². The molecular formula is C21H20F2N8O4S. The number of nitrogens with zero attached hydrogens (tertiary/aromatic N) is 6. The number of nitrogens with one attached hydrogen (secondary N) is 1. The van der Waals surface area contributed by atoms with Gasteiger partial charge < -0.3 is 11.1 Å². The molecule has 0 bridgehead atoms. The van der Waals surface area contributed by atoms with Crippen molar-refractivity contribution in [1.29, 1.82) is 0 Å². The van der Waals surface area contributed by atoms with Crippen LogP contribution in [0.5, 0.6) is 0 Å². The number of aromatic nitrogens is 5. The molecule has 0 aliphatic heterocycles. The number of nitro groups is 1. The third kappa shape index (κ3) is 4.64. The molecule has 0 radical (unpaired) electrons. The molecule has 4 aromatic rings. The molecule has 0 unspecified atom stereocenters. The lowest BCUT2D eigenvalue weighted by molar-refractivity contribution is -0.385. The average molecular weight is 519 g/mol. The standard InChI is InChI=1S/C21H20F2N8O4S/c1-3-30-10(2)13(8-26-30)12-6-14(19(22)23)27-21-16(12)17(18(36-21)20(24)33)28-15(32)4-5-29-9-11(7-25-29)31(34)35/h6-9,19H,3-5H2,1-2H3,(H2,24,33)(H,28,32). The van der Waals surface area contributed by atoms with E-state index in [9.17, 15) is 28.5 Å². The van der Waals surface area contributed by atoms with Gasteiger partial charge in [-0.2, -0.15) is 10.2 Å². The Balaban J connectivity index is 1.77. The third-order valence-corrected chi connectivity index (χ3v) is 6.58. The molecule has 15 heteroatoms. The molecule has 4 rings (SSSR count). The second kappa shape index (κ2) is 9.77. The van der Waals surface area contributed by atoms with Crippen molar-refractivity contribution in [2.75, 3.05) is 5.32 Å². The number of alkyl halides is 2. The first-order valence-electron chi connectivity index (χ1n) is 10.7. The van der Waals surface area contributed by atoms with Gasteiger partial charge in [0.05, 0.1) is 16.8 Å². The van der Waals surface area contributed by atoms with E-state index >= 15 is 0 Å². The SMILES string of the molecule is CCn1ncc(-c2cc(C(F)F)nc3sc(C(N)=O)c(NC(=O)CCn4cc([N+](=O)[O-])cn4)c23)c1C. The van der Waals surface area contributed by atoms with Crippen LogP contribution in [0.3, 0.4) is 0 Å². The van der Waals surface area contributed by atoms with Crippen molar-refractivity contribution in [3.8, 4) is 11.1 Å². The summed E-state index contributed by atoms with van der Waals surface area (Å²) in [6.45, 7) is 4.24. The molecule has 0 aliphatic carbocycles. The number of carbonyl (C=O) groups is 2. The second-order valence-corrected chi connectivity index (χ2v) is 8.72. The lowest BCUT2D eigenvalue weighted by Gasteiger charge is -2.11. The molecule has 0 fully saturated rings. The van der Waals surface area contributed by atoms with Gasteiger partial charge in [0, 0.05) is 36.2 Å². The molecule has 4 aromatic heterocycles. The molecule has 0 saturated heterocycles. The summed E-state index contributed by atoms with van der Waals surface area (Å²) in [6.07, 6.45) is 0.765. The van der Waals surface area contributed by atoms with Gasteiger partial charge in [-0.25, -0.2) is 13.8 Å². The van der Waals surface area contributed by atoms with Crippen LogP contribution in [0.4, 0.5) is 20.2 Å². The van der Waals surface area contributed by atoms with Gasteiger partial charge in [0.25, 0.3) is 12.3 Å². The third-order valence-electron chi connectivity index (χ3n) is 5.48. The van der Waals surface area contributed by atoms with Gasteiger partial charge in [0.1, 0.15) is 27.8 Å². The Bertz CT molecular complexity index is 1490. The Hall–Kier alpha value is -4.27. The number of anilines is 1. The monoisotopic (exact) mass is 518 g/mol. The van der Waals surface area contributed by atoms with Gasteiger partial charge in [0.15, 0.2) is 0 Å². The normalized spacial score (nSPS) is 11.4. The number of fused-ring (bicyclic) bond motifs is 1. The number of aryl methyl sites for hydroxylation is 2. The zero-order valence-corrected chi connectivity index (χ0v) is 19.9. The summed E-state index contributed by atoms with van der Waals surface area (Å²) in [7, 11) is 0. The van der Waals surface area contributed by atoms with Crippen molar-refractivity contribution in [1.82, 2.24) is 24.5 Å². The summed E-state index contributed by atoms with van der Waals surface area (Å²) in [4.78, 5) is 39.3. The fourth-order valence-electron chi connectivity index (χ4n) is 3.75. The zero-order chi connectivity index (χ0) is 26.1. The van der Waals surface area contributed by atoms with Gasteiger partial charge in [-0.05, 0) is 25.5 Å². The average Bonchev–Trinajstić information content (AvgIpc) is 3.54. The highest BCUT2D eigenvalue weighted by atomic mass is 32.1. The Morgan fingerprint density at radius 1 is 1.28 bits per heavy atom. The van der Waals surface area contributed by atoms with Crippen molar-refractivity contribution < 1.29 is 23.3 Å². The van der Waals surface area contributed by atoms with Gasteiger partial charge in [-0.1, -0.05) is 0 Å². The highest BCUT2D eigenvalue weighted by Gasteiger charge is 2.26. The number of halogens is 2. The van der Waals surface area contributed by atoms with E-state index in [1.807, 2.05) is 6.92 Å². The second-order valence-electron chi connectivity index (χ2n) is 7.72. The molecule has 0 aromatic carbocycles. The molecule has 36 heavy (non-hydrogen) atoms. The van der Waals surface area contributed by atoms with Gasteiger partial charge in [-0.3, -0.25) is 29.1 Å². The minimum Gasteiger partial charge on any atom is -0.365 e. The van der Waals surface area contributed by atoms with Crippen LogP contribution in [0, 0.1) is 17.0 Å².